The molecule has 1 aliphatic heterocycles. The topological polar surface area (TPSA) is 21.7 Å². The predicted molar refractivity (Wildman–Crippen MR) is 84.2 cm³/mol. The van der Waals surface area contributed by atoms with Crippen molar-refractivity contribution in [1.82, 2.24) is 0 Å². The average Bonchev–Trinajstić information content (AvgIpc) is 2.47. The zero-order chi connectivity index (χ0) is 14.4. The van der Waals surface area contributed by atoms with Gasteiger partial charge in [0.2, 0.25) is 0 Å². The lowest BCUT2D eigenvalue weighted by atomic mass is 9.79. The van der Waals surface area contributed by atoms with Crippen molar-refractivity contribution in [3.63, 3.8) is 0 Å². The molecule has 0 aliphatic carbocycles. The third-order valence-electron chi connectivity index (χ3n) is 4.01. The van der Waals surface area contributed by atoms with Crippen LogP contribution in [0.25, 0.3) is 0 Å². The maximum Gasteiger partial charge on any atom is 0.495 e. The van der Waals surface area contributed by atoms with E-state index in [0.717, 1.165) is 15.6 Å². The first-order valence-corrected chi connectivity index (χ1v) is 7.26. The maximum atomic E-state index is 6.07. The molecule has 0 radical (unpaired) electrons. The van der Waals surface area contributed by atoms with Crippen molar-refractivity contribution >= 4 is 34.2 Å². The van der Waals surface area contributed by atoms with E-state index in [1.165, 1.54) is 0 Å². The molecule has 0 spiro atoms. The quantitative estimate of drug-likeness (QED) is 0.780. The van der Waals surface area contributed by atoms with Gasteiger partial charge in [-0.3, -0.25) is 0 Å². The molecule has 1 fully saturated rings. The highest BCUT2D eigenvalue weighted by Crippen LogP contribution is 2.37. The number of anilines is 1. The fraction of sp³-hybridized carbons (Fsp3) is 0.571. The fourth-order valence-corrected chi connectivity index (χ4v) is 2.51. The third-order valence-corrected chi connectivity index (χ3v) is 4.69. The van der Waals surface area contributed by atoms with Crippen molar-refractivity contribution in [2.45, 2.75) is 38.9 Å². The van der Waals surface area contributed by atoms with Crippen LogP contribution in [-0.2, 0) is 9.31 Å². The largest absolute Gasteiger partial charge is 0.495 e. The Balaban J connectivity index is 2.30. The molecular weight excluding hydrogens is 305 g/mol. The van der Waals surface area contributed by atoms with Gasteiger partial charge in [-0.1, -0.05) is 22.0 Å². The fourth-order valence-electron chi connectivity index (χ4n) is 1.96. The molecule has 5 heteroatoms. The van der Waals surface area contributed by atoms with Gasteiger partial charge in [-0.25, -0.2) is 0 Å². The molecule has 2 rings (SSSR count). The highest BCUT2D eigenvalue weighted by molar-refractivity contribution is 9.10. The Bertz CT molecular complexity index is 472. The Morgan fingerprint density at radius 3 is 2.00 bits per heavy atom. The van der Waals surface area contributed by atoms with Crippen LogP contribution in [0, 0.1) is 0 Å². The zero-order valence-corrected chi connectivity index (χ0v) is 14.0. The molecular formula is C14H21BBrNO2. The van der Waals surface area contributed by atoms with Crippen molar-refractivity contribution in [3.8, 4) is 0 Å². The Morgan fingerprint density at radius 2 is 1.58 bits per heavy atom. The molecule has 0 unspecified atom stereocenters. The smallest absolute Gasteiger partial charge is 0.399 e. The molecule has 1 aliphatic rings. The third kappa shape index (κ3) is 2.69. The first-order chi connectivity index (χ1) is 8.64. The molecule has 0 aromatic heterocycles. The van der Waals surface area contributed by atoms with Crippen LogP contribution in [0.5, 0.6) is 0 Å². The van der Waals surface area contributed by atoms with Crippen molar-refractivity contribution in [2.75, 3.05) is 19.0 Å². The average molecular weight is 326 g/mol. The second-order valence-electron chi connectivity index (χ2n) is 6.19. The number of hydrogen-bond donors (Lipinski definition) is 0. The molecule has 1 saturated heterocycles. The van der Waals surface area contributed by atoms with Crippen LogP contribution < -0.4 is 10.4 Å². The summed E-state index contributed by atoms with van der Waals surface area (Å²) in [6.07, 6.45) is 0. The van der Waals surface area contributed by atoms with Gasteiger partial charge >= 0.3 is 7.12 Å². The number of hydrogen-bond acceptors (Lipinski definition) is 3. The molecule has 0 atom stereocenters. The van der Waals surface area contributed by atoms with Crippen molar-refractivity contribution in [2.24, 2.45) is 0 Å². The van der Waals surface area contributed by atoms with Gasteiger partial charge in [-0.05, 0) is 45.3 Å². The van der Waals surface area contributed by atoms with E-state index < -0.39 is 0 Å². The van der Waals surface area contributed by atoms with Crippen LogP contribution in [0.2, 0.25) is 0 Å². The zero-order valence-electron chi connectivity index (χ0n) is 12.5. The minimum absolute atomic E-state index is 0.308. The van der Waals surface area contributed by atoms with Crippen LogP contribution >= 0.6 is 15.9 Å². The van der Waals surface area contributed by atoms with E-state index in [9.17, 15) is 0 Å². The highest BCUT2D eigenvalue weighted by atomic mass is 79.9. The van der Waals surface area contributed by atoms with Gasteiger partial charge in [0.05, 0.1) is 11.2 Å². The second-order valence-corrected chi connectivity index (χ2v) is 7.04. The monoisotopic (exact) mass is 325 g/mol. The maximum absolute atomic E-state index is 6.07. The minimum Gasteiger partial charge on any atom is -0.399 e. The Hall–Kier alpha value is -0.515. The summed E-state index contributed by atoms with van der Waals surface area (Å²) in [6.45, 7) is 8.26. The lowest BCUT2D eigenvalue weighted by Crippen LogP contribution is -2.41. The van der Waals surface area contributed by atoms with E-state index in [0.29, 0.717) is 0 Å². The van der Waals surface area contributed by atoms with Gasteiger partial charge in [0.25, 0.3) is 0 Å². The first kappa shape index (κ1) is 14.9. The summed E-state index contributed by atoms with van der Waals surface area (Å²) >= 11 is 3.61. The van der Waals surface area contributed by atoms with E-state index in [1.807, 2.05) is 14.1 Å². The summed E-state index contributed by atoms with van der Waals surface area (Å²) in [7, 11) is 3.72. The molecule has 0 amide bonds. The molecule has 0 N–H and O–H groups in total. The highest BCUT2D eigenvalue weighted by Gasteiger charge is 2.52. The Labute approximate surface area is 124 Å². The van der Waals surface area contributed by atoms with E-state index in [2.05, 4.69) is 66.7 Å². The molecule has 19 heavy (non-hydrogen) atoms. The summed E-state index contributed by atoms with van der Waals surface area (Å²) in [5.41, 5.74) is 1.56. The van der Waals surface area contributed by atoms with Crippen molar-refractivity contribution in [3.05, 3.63) is 22.7 Å². The van der Waals surface area contributed by atoms with Crippen LogP contribution in [0.15, 0.2) is 22.7 Å². The molecule has 0 bridgehead atoms. The van der Waals surface area contributed by atoms with Gasteiger partial charge in [0, 0.05) is 24.3 Å². The van der Waals surface area contributed by atoms with Crippen LogP contribution in [0.3, 0.4) is 0 Å². The van der Waals surface area contributed by atoms with Gasteiger partial charge in [0.15, 0.2) is 0 Å². The number of nitrogens with zero attached hydrogens (tertiary/aromatic N) is 1. The summed E-state index contributed by atoms with van der Waals surface area (Å²) in [5.74, 6) is 0. The normalized spacial score (nSPS) is 20.7. The molecule has 104 valence electrons. The van der Waals surface area contributed by atoms with Crippen LogP contribution in [0.1, 0.15) is 27.7 Å². The summed E-state index contributed by atoms with van der Waals surface area (Å²) in [6, 6.07) is 6.22. The van der Waals surface area contributed by atoms with Gasteiger partial charge in [-0.15, -0.1) is 0 Å². The summed E-state index contributed by atoms with van der Waals surface area (Å²) < 4.78 is 13.1. The van der Waals surface area contributed by atoms with E-state index in [1.54, 1.807) is 0 Å². The Kier molecular flexibility index (Phi) is 3.76. The van der Waals surface area contributed by atoms with E-state index in [4.69, 9.17) is 9.31 Å². The Morgan fingerprint density at radius 1 is 1.05 bits per heavy atom. The van der Waals surface area contributed by atoms with Gasteiger partial charge in [0.1, 0.15) is 0 Å². The lowest BCUT2D eigenvalue weighted by molar-refractivity contribution is 0.00578. The standard InChI is InChI=1S/C14H21BBrNO2/c1-13(2)14(3,4)19-15(18-13)11-8-7-10(17(5)6)9-12(11)16/h7-9H,1-6H3. The summed E-state index contributed by atoms with van der Waals surface area (Å²) in [5, 5.41) is 0. The van der Waals surface area contributed by atoms with Gasteiger partial charge < -0.3 is 14.2 Å². The second kappa shape index (κ2) is 4.79. The van der Waals surface area contributed by atoms with Crippen molar-refractivity contribution in [1.29, 1.82) is 0 Å². The number of rotatable bonds is 2. The van der Waals surface area contributed by atoms with Crippen molar-refractivity contribution < 1.29 is 9.31 Å². The molecule has 3 nitrogen and oxygen atoms in total. The number of benzene rings is 1. The first-order valence-electron chi connectivity index (χ1n) is 6.46. The molecule has 0 saturated carbocycles. The van der Waals surface area contributed by atoms with Gasteiger partial charge in [-0.2, -0.15) is 0 Å². The molecule has 1 aromatic carbocycles. The number of halogens is 1. The minimum atomic E-state index is -0.324. The lowest BCUT2D eigenvalue weighted by Gasteiger charge is -2.32. The SMILES string of the molecule is CN(C)c1ccc(B2OC(C)(C)C(C)(C)O2)c(Br)c1. The molecule has 1 aromatic rings. The van der Waals surface area contributed by atoms with Crippen LogP contribution in [-0.4, -0.2) is 32.4 Å². The predicted octanol–water partition coefficient (Wildman–Crippen LogP) is 2.81. The summed E-state index contributed by atoms with van der Waals surface area (Å²) in [4.78, 5) is 2.07. The molecule has 1 heterocycles. The van der Waals surface area contributed by atoms with Crippen LogP contribution in [0.4, 0.5) is 5.69 Å². The van der Waals surface area contributed by atoms with E-state index >= 15 is 0 Å². The van der Waals surface area contributed by atoms with E-state index in [-0.39, 0.29) is 18.3 Å².